The largest absolute Gasteiger partial charge is 0.484 e. The minimum atomic E-state index is -0.113. The zero-order valence-corrected chi connectivity index (χ0v) is 18.1. The maximum atomic E-state index is 12.2. The number of ether oxygens (including phenoxy) is 1. The smallest absolute Gasteiger partial charge is 0.258 e. The Labute approximate surface area is 169 Å². The number of carbonyl (C=O) groups is 1. The first kappa shape index (κ1) is 22.0. The Hall–Kier alpha value is -2.33. The second kappa shape index (κ2) is 9.74. The summed E-state index contributed by atoms with van der Waals surface area (Å²) in [5.41, 5.74) is 3.88. The van der Waals surface area contributed by atoms with E-state index < -0.39 is 0 Å². The van der Waals surface area contributed by atoms with E-state index in [0.29, 0.717) is 12.3 Å². The van der Waals surface area contributed by atoms with Crippen molar-refractivity contribution in [2.75, 3.05) is 27.2 Å². The summed E-state index contributed by atoms with van der Waals surface area (Å²) < 4.78 is 5.59. The highest BCUT2D eigenvalue weighted by Crippen LogP contribution is 2.25. The van der Waals surface area contributed by atoms with Gasteiger partial charge in [-0.2, -0.15) is 0 Å². The fourth-order valence-corrected chi connectivity index (χ4v) is 3.04. The molecular weight excluding hydrogens is 348 g/mol. The minimum absolute atomic E-state index is 0.0224. The number of nitrogens with one attached hydrogen (secondary N) is 1. The Morgan fingerprint density at radius 3 is 2.14 bits per heavy atom. The van der Waals surface area contributed by atoms with Crippen molar-refractivity contribution in [1.82, 2.24) is 10.2 Å². The molecule has 0 aromatic heterocycles. The molecule has 28 heavy (non-hydrogen) atoms. The van der Waals surface area contributed by atoms with Crippen molar-refractivity contribution in [2.45, 2.75) is 45.6 Å². The van der Waals surface area contributed by atoms with Crippen molar-refractivity contribution in [2.24, 2.45) is 0 Å². The number of hydrogen-bond donors (Lipinski definition) is 1. The molecule has 0 fully saturated rings. The molecule has 0 aliphatic heterocycles. The summed E-state index contributed by atoms with van der Waals surface area (Å²) in [4.78, 5) is 14.4. The number of aryl methyl sites for hydroxylation is 1. The molecule has 4 nitrogen and oxygen atoms in total. The van der Waals surface area contributed by atoms with E-state index in [0.717, 1.165) is 6.42 Å². The Kier molecular flexibility index (Phi) is 7.64. The van der Waals surface area contributed by atoms with E-state index in [1.165, 1.54) is 16.7 Å². The molecule has 0 saturated carbocycles. The topological polar surface area (TPSA) is 41.6 Å². The van der Waals surface area contributed by atoms with E-state index in [-0.39, 0.29) is 24.0 Å². The van der Waals surface area contributed by atoms with Gasteiger partial charge in [-0.3, -0.25) is 4.79 Å². The molecule has 4 heteroatoms. The summed E-state index contributed by atoms with van der Waals surface area (Å²) in [5, 5.41) is 2.99. The lowest BCUT2D eigenvalue weighted by atomic mass is 9.86. The van der Waals surface area contributed by atoms with Gasteiger partial charge < -0.3 is 15.0 Å². The highest BCUT2D eigenvalue weighted by atomic mass is 16.5. The van der Waals surface area contributed by atoms with E-state index in [4.69, 9.17) is 4.74 Å². The van der Waals surface area contributed by atoms with Crippen molar-refractivity contribution in [3.63, 3.8) is 0 Å². The molecule has 152 valence electrons. The normalized spacial score (nSPS) is 12.7. The van der Waals surface area contributed by atoms with Crippen LogP contribution in [0.1, 0.15) is 50.4 Å². The number of likely N-dealkylation sites (N-methyl/N-ethyl adjacent to an activating group) is 1. The van der Waals surface area contributed by atoms with Crippen molar-refractivity contribution in [3.8, 4) is 5.75 Å². The van der Waals surface area contributed by atoms with Crippen molar-refractivity contribution >= 4 is 5.91 Å². The quantitative estimate of drug-likeness (QED) is 0.738. The van der Waals surface area contributed by atoms with Crippen molar-refractivity contribution in [3.05, 3.63) is 65.2 Å². The van der Waals surface area contributed by atoms with Crippen LogP contribution in [0.25, 0.3) is 0 Å². The average molecular weight is 383 g/mol. The van der Waals surface area contributed by atoms with Crippen molar-refractivity contribution < 1.29 is 9.53 Å². The second-order valence-electron chi connectivity index (χ2n) is 8.44. The van der Waals surface area contributed by atoms with E-state index in [9.17, 15) is 4.79 Å². The number of benzene rings is 2. The van der Waals surface area contributed by atoms with E-state index in [2.05, 4.69) is 62.2 Å². The Morgan fingerprint density at radius 2 is 1.64 bits per heavy atom. The number of carbonyl (C=O) groups excluding carboxylic acids is 1. The summed E-state index contributed by atoms with van der Waals surface area (Å²) in [6.45, 7) is 9.30. The molecule has 2 rings (SSSR count). The van der Waals surface area contributed by atoms with Gasteiger partial charge in [0, 0.05) is 6.54 Å². The van der Waals surface area contributed by atoms with Gasteiger partial charge in [0.15, 0.2) is 6.61 Å². The molecule has 2 aromatic rings. The molecule has 0 aliphatic rings. The van der Waals surface area contributed by atoms with Crippen LogP contribution in [0.2, 0.25) is 0 Å². The van der Waals surface area contributed by atoms with E-state index in [1.54, 1.807) is 0 Å². The van der Waals surface area contributed by atoms with Gasteiger partial charge in [0.25, 0.3) is 5.91 Å². The Balaban J connectivity index is 1.90. The lowest BCUT2D eigenvalue weighted by molar-refractivity contribution is -0.123. The predicted molar refractivity (Wildman–Crippen MR) is 116 cm³/mol. The lowest BCUT2D eigenvalue weighted by Gasteiger charge is -2.26. The molecule has 0 unspecified atom stereocenters. The highest BCUT2D eigenvalue weighted by molar-refractivity contribution is 5.77. The number of hydrogen-bond acceptors (Lipinski definition) is 3. The zero-order chi connectivity index (χ0) is 20.7. The summed E-state index contributed by atoms with van der Waals surface area (Å²) in [6, 6.07) is 16.6. The van der Waals surface area contributed by atoms with Crippen LogP contribution >= 0.6 is 0 Å². The van der Waals surface area contributed by atoms with Crippen LogP contribution in [-0.2, 0) is 16.6 Å². The number of amides is 1. The molecule has 1 amide bonds. The van der Waals surface area contributed by atoms with Gasteiger partial charge in [0.05, 0.1) is 6.04 Å². The fourth-order valence-electron chi connectivity index (χ4n) is 3.04. The molecule has 0 aliphatic carbocycles. The predicted octanol–water partition coefficient (Wildman–Crippen LogP) is 4.34. The van der Waals surface area contributed by atoms with Gasteiger partial charge in [0.1, 0.15) is 5.75 Å². The van der Waals surface area contributed by atoms with Gasteiger partial charge in [-0.05, 0) is 54.8 Å². The third-order valence-electron chi connectivity index (χ3n) is 4.98. The van der Waals surface area contributed by atoms with Gasteiger partial charge in [-0.25, -0.2) is 0 Å². The minimum Gasteiger partial charge on any atom is -0.484 e. The molecule has 0 radical (unpaired) electrons. The molecule has 1 N–H and O–H groups in total. The Bertz CT molecular complexity index is 744. The second-order valence-corrected chi connectivity index (χ2v) is 8.44. The molecule has 1 atom stereocenters. The van der Waals surface area contributed by atoms with Crippen LogP contribution in [0.15, 0.2) is 48.5 Å². The molecular formula is C24H34N2O2. The van der Waals surface area contributed by atoms with Gasteiger partial charge in [0.2, 0.25) is 0 Å². The molecule has 0 saturated heterocycles. The van der Waals surface area contributed by atoms with Crippen LogP contribution < -0.4 is 10.1 Å². The summed E-state index contributed by atoms with van der Waals surface area (Å²) in [7, 11) is 4.06. The summed E-state index contributed by atoms with van der Waals surface area (Å²) in [5.74, 6) is 0.604. The first-order valence-corrected chi connectivity index (χ1v) is 9.96. The third kappa shape index (κ3) is 6.38. The average Bonchev–Trinajstić information content (AvgIpc) is 2.66. The van der Waals surface area contributed by atoms with Crippen LogP contribution in [-0.4, -0.2) is 38.1 Å². The lowest BCUT2D eigenvalue weighted by Crippen LogP contribution is -2.36. The number of nitrogens with zero attached hydrogens (tertiary/aromatic N) is 1. The van der Waals surface area contributed by atoms with E-state index >= 15 is 0 Å². The highest BCUT2D eigenvalue weighted by Gasteiger charge is 2.18. The monoisotopic (exact) mass is 382 g/mol. The SMILES string of the molecule is CCc1ccc(OCC(=O)NC[C@H](c2ccc(C(C)(C)C)cc2)N(C)C)cc1. The van der Waals surface area contributed by atoms with Crippen molar-refractivity contribution in [1.29, 1.82) is 0 Å². The standard InChI is InChI=1S/C24H34N2O2/c1-7-18-8-14-21(15-9-18)28-17-23(27)25-16-22(26(5)6)19-10-12-20(13-11-19)24(2,3)4/h8-15,22H,7,16-17H2,1-6H3,(H,25,27)/t22-/m1/s1. The third-order valence-corrected chi connectivity index (χ3v) is 4.98. The maximum absolute atomic E-state index is 12.2. The summed E-state index contributed by atoms with van der Waals surface area (Å²) in [6.07, 6.45) is 0.990. The maximum Gasteiger partial charge on any atom is 0.258 e. The molecule has 0 spiro atoms. The van der Waals surface area contributed by atoms with Gasteiger partial charge in [-0.15, -0.1) is 0 Å². The van der Waals surface area contributed by atoms with Gasteiger partial charge >= 0.3 is 0 Å². The first-order chi connectivity index (χ1) is 13.2. The van der Waals surface area contributed by atoms with E-state index in [1.807, 2.05) is 38.4 Å². The van der Waals surface area contributed by atoms with Gasteiger partial charge in [-0.1, -0.05) is 64.1 Å². The molecule has 0 heterocycles. The van der Waals surface area contributed by atoms with Crippen LogP contribution in [0.3, 0.4) is 0 Å². The fraction of sp³-hybridized carbons (Fsp3) is 0.458. The van der Waals surface area contributed by atoms with Crippen LogP contribution in [0.5, 0.6) is 5.75 Å². The zero-order valence-electron chi connectivity index (χ0n) is 18.1. The first-order valence-electron chi connectivity index (χ1n) is 9.96. The summed E-state index contributed by atoms with van der Waals surface area (Å²) >= 11 is 0. The van der Waals surface area contributed by atoms with Crippen LogP contribution in [0, 0.1) is 0 Å². The molecule has 0 bridgehead atoms. The van der Waals surface area contributed by atoms with Crippen LogP contribution in [0.4, 0.5) is 0 Å². The molecule has 2 aromatic carbocycles. The number of rotatable bonds is 8. The Morgan fingerprint density at radius 1 is 1.04 bits per heavy atom.